The van der Waals surface area contributed by atoms with Crippen LogP contribution in [-0.4, -0.2) is 24.6 Å². The number of benzene rings is 1. The predicted molar refractivity (Wildman–Crippen MR) is 80.4 cm³/mol. The highest BCUT2D eigenvalue weighted by atomic mass is 15.0. The van der Waals surface area contributed by atoms with Crippen LogP contribution in [-0.2, 0) is 0 Å². The van der Waals surface area contributed by atoms with Crippen molar-refractivity contribution in [2.45, 2.75) is 19.8 Å². The third kappa shape index (κ3) is 2.71. The van der Waals surface area contributed by atoms with Gasteiger partial charge in [0, 0.05) is 24.7 Å². The number of nitrogens with zero attached hydrogens (tertiary/aromatic N) is 1. The summed E-state index contributed by atoms with van der Waals surface area (Å²) in [6.07, 6.45) is 4.42. The van der Waals surface area contributed by atoms with E-state index in [-0.39, 0.29) is 0 Å². The molecule has 1 saturated heterocycles. The topological polar surface area (TPSA) is 37.0 Å². The third-order valence-electron chi connectivity index (χ3n) is 4.04. The van der Waals surface area contributed by atoms with Crippen LogP contribution >= 0.6 is 0 Å². The highest BCUT2D eigenvalue weighted by molar-refractivity contribution is 5.91. The lowest BCUT2D eigenvalue weighted by atomic mass is 9.83. The highest BCUT2D eigenvalue weighted by Crippen LogP contribution is 2.27. The van der Waals surface area contributed by atoms with E-state index in [0.29, 0.717) is 5.41 Å². The van der Waals surface area contributed by atoms with Gasteiger partial charge in [0.05, 0.1) is 0 Å². The number of piperidine rings is 1. The molecule has 1 aliphatic rings. The number of rotatable bonds is 3. The normalized spacial score (nSPS) is 23.4. The summed E-state index contributed by atoms with van der Waals surface area (Å²) in [6.45, 7) is 5.56. The number of fused-ring (bicyclic) bond motifs is 1. The van der Waals surface area contributed by atoms with Gasteiger partial charge in [-0.3, -0.25) is 0 Å². The molecule has 0 bridgehead atoms. The monoisotopic (exact) mass is 255 g/mol. The fourth-order valence-electron chi connectivity index (χ4n) is 2.83. The van der Waals surface area contributed by atoms with Crippen LogP contribution in [0.2, 0.25) is 0 Å². The molecule has 0 radical (unpaired) electrons. The number of nitrogens with one attached hydrogen (secondary N) is 2. The molecule has 2 aromatic rings. The summed E-state index contributed by atoms with van der Waals surface area (Å²) in [5, 5.41) is 9.48. The molecule has 0 amide bonds. The van der Waals surface area contributed by atoms with Crippen LogP contribution in [0.25, 0.3) is 10.8 Å². The average Bonchev–Trinajstić information content (AvgIpc) is 2.46. The van der Waals surface area contributed by atoms with E-state index in [2.05, 4.69) is 52.9 Å². The first-order valence-electron chi connectivity index (χ1n) is 7.05. The van der Waals surface area contributed by atoms with Crippen molar-refractivity contribution in [3.05, 3.63) is 36.5 Å². The molecule has 1 atom stereocenters. The predicted octanol–water partition coefficient (Wildman–Crippen LogP) is 3.04. The molecule has 2 heterocycles. The van der Waals surface area contributed by atoms with Gasteiger partial charge in [-0.05, 0) is 36.3 Å². The maximum absolute atomic E-state index is 4.49. The van der Waals surface area contributed by atoms with Crippen LogP contribution in [0.1, 0.15) is 19.8 Å². The Morgan fingerprint density at radius 2 is 2.21 bits per heavy atom. The molecule has 3 nitrogen and oxygen atoms in total. The molecular formula is C16H21N3. The molecule has 19 heavy (non-hydrogen) atoms. The number of anilines is 1. The standard InChI is InChI=1S/C16H21N3/c1-16(8-4-9-17-11-16)12-19-15-14-6-3-2-5-13(14)7-10-18-15/h2-3,5-7,10,17H,4,8-9,11-12H2,1H3,(H,18,19). The van der Waals surface area contributed by atoms with Gasteiger partial charge in [0.1, 0.15) is 5.82 Å². The van der Waals surface area contributed by atoms with Crippen LogP contribution < -0.4 is 10.6 Å². The molecule has 1 aromatic heterocycles. The summed E-state index contributed by atoms with van der Waals surface area (Å²) in [4.78, 5) is 4.49. The van der Waals surface area contributed by atoms with Gasteiger partial charge in [0.25, 0.3) is 0 Å². The van der Waals surface area contributed by atoms with E-state index in [9.17, 15) is 0 Å². The van der Waals surface area contributed by atoms with Gasteiger partial charge in [-0.1, -0.05) is 31.2 Å². The molecule has 100 valence electrons. The molecule has 3 heteroatoms. The Kier molecular flexibility index (Phi) is 3.38. The zero-order valence-corrected chi connectivity index (χ0v) is 11.4. The Bertz CT molecular complexity index is 553. The lowest BCUT2D eigenvalue weighted by Gasteiger charge is -2.34. The highest BCUT2D eigenvalue weighted by Gasteiger charge is 2.26. The Hall–Kier alpha value is -1.61. The lowest BCUT2D eigenvalue weighted by Crippen LogP contribution is -2.42. The molecule has 1 aliphatic heterocycles. The number of pyridine rings is 1. The summed E-state index contributed by atoms with van der Waals surface area (Å²) in [5.41, 5.74) is 0.330. The zero-order chi connectivity index (χ0) is 13.1. The molecule has 3 rings (SSSR count). The van der Waals surface area contributed by atoms with Crippen molar-refractivity contribution in [1.29, 1.82) is 0 Å². The zero-order valence-electron chi connectivity index (χ0n) is 11.4. The third-order valence-corrected chi connectivity index (χ3v) is 4.04. The Morgan fingerprint density at radius 3 is 3.05 bits per heavy atom. The summed E-state index contributed by atoms with van der Waals surface area (Å²) < 4.78 is 0. The van der Waals surface area contributed by atoms with Gasteiger partial charge in [-0.15, -0.1) is 0 Å². The smallest absolute Gasteiger partial charge is 0.133 e. The van der Waals surface area contributed by atoms with Gasteiger partial charge < -0.3 is 10.6 Å². The van der Waals surface area contributed by atoms with Crippen LogP contribution in [0, 0.1) is 5.41 Å². The average molecular weight is 255 g/mol. The van der Waals surface area contributed by atoms with Crippen molar-refractivity contribution in [1.82, 2.24) is 10.3 Å². The first-order valence-corrected chi connectivity index (χ1v) is 7.05. The van der Waals surface area contributed by atoms with E-state index in [1.54, 1.807) is 0 Å². The summed E-state index contributed by atoms with van der Waals surface area (Å²) in [6, 6.07) is 10.5. The van der Waals surface area contributed by atoms with Crippen molar-refractivity contribution in [3.8, 4) is 0 Å². The number of hydrogen-bond donors (Lipinski definition) is 2. The van der Waals surface area contributed by atoms with Crippen LogP contribution in [0.3, 0.4) is 0 Å². The van der Waals surface area contributed by atoms with Crippen LogP contribution in [0.5, 0.6) is 0 Å². The van der Waals surface area contributed by atoms with Gasteiger partial charge in [0.15, 0.2) is 0 Å². The second kappa shape index (κ2) is 5.17. The van der Waals surface area contributed by atoms with Gasteiger partial charge >= 0.3 is 0 Å². The summed E-state index contributed by atoms with van der Waals surface area (Å²) in [7, 11) is 0. The Labute approximate surface area is 114 Å². The quantitative estimate of drug-likeness (QED) is 0.885. The van der Waals surface area contributed by atoms with Gasteiger partial charge in [-0.25, -0.2) is 4.98 Å². The van der Waals surface area contributed by atoms with Gasteiger partial charge in [-0.2, -0.15) is 0 Å². The second-order valence-electron chi connectivity index (χ2n) is 5.83. The van der Waals surface area contributed by atoms with E-state index >= 15 is 0 Å². The fourth-order valence-corrected chi connectivity index (χ4v) is 2.83. The fraction of sp³-hybridized carbons (Fsp3) is 0.438. The minimum absolute atomic E-state index is 0.330. The summed E-state index contributed by atoms with van der Waals surface area (Å²) >= 11 is 0. The first kappa shape index (κ1) is 12.4. The molecule has 1 fully saturated rings. The van der Waals surface area contributed by atoms with Crippen molar-refractivity contribution < 1.29 is 0 Å². The van der Waals surface area contributed by atoms with Crippen molar-refractivity contribution in [2.75, 3.05) is 25.0 Å². The number of hydrogen-bond acceptors (Lipinski definition) is 3. The minimum atomic E-state index is 0.330. The largest absolute Gasteiger partial charge is 0.369 e. The molecule has 1 aromatic carbocycles. The van der Waals surface area contributed by atoms with E-state index in [4.69, 9.17) is 0 Å². The Morgan fingerprint density at radius 1 is 1.32 bits per heavy atom. The van der Waals surface area contributed by atoms with Crippen molar-refractivity contribution in [3.63, 3.8) is 0 Å². The maximum atomic E-state index is 4.49. The maximum Gasteiger partial charge on any atom is 0.133 e. The lowest BCUT2D eigenvalue weighted by molar-refractivity contribution is 0.253. The molecule has 0 aliphatic carbocycles. The van der Waals surface area contributed by atoms with Crippen LogP contribution in [0.4, 0.5) is 5.82 Å². The van der Waals surface area contributed by atoms with Crippen molar-refractivity contribution in [2.24, 2.45) is 5.41 Å². The molecule has 0 saturated carbocycles. The van der Waals surface area contributed by atoms with Crippen molar-refractivity contribution >= 4 is 16.6 Å². The summed E-state index contributed by atoms with van der Waals surface area (Å²) in [5.74, 6) is 1.00. The number of aromatic nitrogens is 1. The van der Waals surface area contributed by atoms with E-state index in [1.165, 1.54) is 23.6 Å². The van der Waals surface area contributed by atoms with E-state index < -0.39 is 0 Å². The first-order chi connectivity index (χ1) is 9.27. The SMILES string of the molecule is CC1(CNc2nccc3ccccc23)CCCNC1. The molecule has 1 unspecified atom stereocenters. The Balaban J connectivity index is 1.78. The minimum Gasteiger partial charge on any atom is -0.369 e. The molecular weight excluding hydrogens is 234 g/mol. The molecule has 0 spiro atoms. The second-order valence-corrected chi connectivity index (χ2v) is 5.83. The van der Waals surface area contributed by atoms with E-state index in [0.717, 1.165) is 25.5 Å². The van der Waals surface area contributed by atoms with E-state index in [1.807, 2.05) is 6.20 Å². The van der Waals surface area contributed by atoms with Gasteiger partial charge in [0.2, 0.25) is 0 Å². The van der Waals surface area contributed by atoms with Crippen LogP contribution in [0.15, 0.2) is 36.5 Å². The molecule has 2 N–H and O–H groups in total.